The van der Waals surface area contributed by atoms with Gasteiger partial charge in [-0.05, 0) is 46.5 Å². The number of carbonyl (C=O) groups excluding carboxylic acids is 1. The lowest BCUT2D eigenvalue weighted by atomic mass is 10.1. The molecule has 5 heteroatoms. The standard InChI is InChI=1S/C13H16BrN3O/c1-10-7-15-13(17-4-3-5-17)6-11(10)12(14)8-16(2)9-18/h6-9H,3-5H2,1-2H3/b12-8+. The van der Waals surface area contributed by atoms with E-state index in [2.05, 4.69) is 31.9 Å². The molecule has 0 unspecified atom stereocenters. The summed E-state index contributed by atoms with van der Waals surface area (Å²) in [7, 11) is 1.71. The smallest absolute Gasteiger partial charge is 0.213 e. The summed E-state index contributed by atoms with van der Waals surface area (Å²) >= 11 is 3.52. The molecule has 2 heterocycles. The first-order chi connectivity index (χ1) is 8.61. The van der Waals surface area contributed by atoms with Gasteiger partial charge >= 0.3 is 0 Å². The van der Waals surface area contributed by atoms with Crippen LogP contribution in [0.1, 0.15) is 17.5 Å². The Balaban J connectivity index is 2.30. The number of carbonyl (C=O) groups is 1. The molecule has 1 amide bonds. The van der Waals surface area contributed by atoms with Crippen LogP contribution in [0, 0.1) is 6.92 Å². The van der Waals surface area contributed by atoms with Gasteiger partial charge in [0.2, 0.25) is 6.41 Å². The Hall–Kier alpha value is -1.36. The first-order valence-electron chi connectivity index (χ1n) is 5.88. The fourth-order valence-electron chi connectivity index (χ4n) is 1.77. The molecule has 0 bridgehead atoms. The molecule has 1 fully saturated rings. The van der Waals surface area contributed by atoms with Crippen LogP contribution < -0.4 is 4.90 Å². The molecule has 2 rings (SSSR count). The summed E-state index contributed by atoms with van der Waals surface area (Å²) < 4.78 is 0.888. The Morgan fingerprint density at radius 1 is 1.56 bits per heavy atom. The van der Waals surface area contributed by atoms with Gasteiger partial charge in [-0.2, -0.15) is 0 Å². The third-order valence-electron chi connectivity index (χ3n) is 3.01. The summed E-state index contributed by atoms with van der Waals surface area (Å²) in [5.74, 6) is 1.00. The largest absolute Gasteiger partial charge is 0.356 e. The van der Waals surface area contributed by atoms with E-state index >= 15 is 0 Å². The molecule has 4 nitrogen and oxygen atoms in total. The maximum atomic E-state index is 10.6. The minimum Gasteiger partial charge on any atom is -0.356 e. The zero-order valence-corrected chi connectivity index (χ0v) is 12.1. The van der Waals surface area contributed by atoms with E-state index in [1.807, 2.05) is 13.1 Å². The van der Waals surface area contributed by atoms with Crippen LogP contribution in [0.2, 0.25) is 0 Å². The van der Waals surface area contributed by atoms with E-state index in [1.54, 1.807) is 13.2 Å². The molecule has 1 aromatic heterocycles. The molecule has 1 aliphatic heterocycles. The highest BCUT2D eigenvalue weighted by Crippen LogP contribution is 2.28. The molecule has 96 valence electrons. The van der Waals surface area contributed by atoms with Crippen LogP contribution in [-0.2, 0) is 4.79 Å². The second kappa shape index (κ2) is 5.52. The predicted octanol–water partition coefficient (Wildman–Crippen LogP) is 2.38. The normalized spacial score (nSPS) is 15.3. The molecule has 0 N–H and O–H groups in total. The lowest BCUT2D eigenvalue weighted by Gasteiger charge is -2.32. The van der Waals surface area contributed by atoms with E-state index in [1.165, 1.54) is 11.3 Å². The fraction of sp³-hybridized carbons (Fsp3) is 0.385. The lowest BCUT2D eigenvalue weighted by molar-refractivity contribution is -0.114. The molecule has 0 aromatic carbocycles. The quantitative estimate of drug-likeness (QED) is 0.801. The third kappa shape index (κ3) is 2.72. The van der Waals surface area contributed by atoms with Crippen molar-refractivity contribution in [1.82, 2.24) is 9.88 Å². The van der Waals surface area contributed by atoms with Crippen molar-refractivity contribution >= 4 is 32.6 Å². The average Bonchev–Trinajstić information content (AvgIpc) is 2.28. The zero-order chi connectivity index (χ0) is 13.1. The van der Waals surface area contributed by atoms with Gasteiger partial charge in [-0.1, -0.05) is 0 Å². The van der Waals surface area contributed by atoms with E-state index in [-0.39, 0.29) is 0 Å². The van der Waals surface area contributed by atoms with Crippen molar-refractivity contribution in [2.24, 2.45) is 0 Å². The van der Waals surface area contributed by atoms with Gasteiger partial charge in [-0.15, -0.1) is 0 Å². The summed E-state index contributed by atoms with van der Waals surface area (Å²) in [5.41, 5.74) is 2.15. The number of pyridine rings is 1. The monoisotopic (exact) mass is 309 g/mol. The molecule has 1 aliphatic rings. The van der Waals surface area contributed by atoms with Crippen molar-refractivity contribution in [3.8, 4) is 0 Å². The van der Waals surface area contributed by atoms with Gasteiger partial charge in [0.05, 0.1) is 0 Å². The second-order valence-corrected chi connectivity index (χ2v) is 5.30. The number of anilines is 1. The van der Waals surface area contributed by atoms with Crippen LogP contribution in [0.25, 0.3) is 4.48 Å². The zero-order valence-electron chi connectivity index (χ0n) is 10.6. The summed E-state index contributed by atoms with van der Waals surface area (Å²) in [6.07, 6.45) is 5.64. The van der Waals surface area contributed by atoms with Crippen LogP contribution in [0.15, 0.2) is 18.5 Å². The van der Waals surface area contributed by atoms with Crippen LogP contribution in [0.3, 0.4) is 0 Å². The number of aromatic nitrogens is 1. The minimum atomic E-state index is 0.772. The molecule has 0 atom stereocenters. The SMILES string of the molecule is Cc1cnc(N2CCC2)cc1/C(Br)=C\N(C)C=O. The number of nitrogens with zero attached hydrogens (tertiary/aromatic N) is 3. The number of hydrogen-bond donors (Lipinski definition) is 0. The minimum absolute atomic E-state index is 0.772. The van der Waals surface area contributed by atoms with E-state index in [0.29, 0.717) is 0 Å². The molecule has 0 saturated carbocycles. The molecule has 1 saturated heterocycles. The number of rotatable bonds is 4. The van der Waals surface area contributed by atoms with Crippen molar-refractivity contribution in [1.29, 1.82) is 0 Å². The molecule has 1 aromatic rings. The number of halogens is 1. The van der Waals surface area contributed by atoms with Gasteiger partial charge in [-0.25, -0.2) is 4.98 Å². The highest BCUT2D eigenvalue weighted by atomic mass is 79.9. The third-order valence-corrected chi connectivity index (χ3v) is 3.64. The van der Waals surface area contributed by atoms with Gasteiger partial charge in [0.15, 0.2) is 0 Å². The molecule has 0 aliphatic carbocycles. The number of hydrogen-bond acceptors (Lipinski definition) is 3. The summed E-state index contributed by atoms with van der Waals surface area (Å²) in [4.78, 5) is 18.8. The Bertz CT molecular complexity index is 483. The van der Waals surface area contributed by atoms with Gasteiger partial charge in [0.25, 0.3) is 0 Å². The van der Waals surface area contributed by atoms with Crippen LogP contribution in [0.5, 0.6) is 0 Å². The number of amides is 1. The summed E-state index contributed by atoms with van der Waals surface area (Å²) in [5, 5.41) is 0. The first kappa shape index (κ1) is 13.1. The van der Waals surface area contributed by atoms with Crippen molar-refractivity contribution in [3.05, 3.63) is 29.6 Å². The van der Waals surface area contributed by atoms with Crippen molar-refractivity contribution < 1.29 is 4.79 Å². The summed E-state index contributed by atoms with van der Waals surface area (Å²) in [6.45, 7) is 4.16. The molecule has 0 radical (unpaired) electrons. The highest BCUT2D eigenvalue weighted by Gasteiger charge is 2.17. The number of aryl methyl sites for hydroxylation is 1. The van der Waals surface area contributed by atoms with Crippen molar-refractivity contribution in [2.75, 3.05) is 25.0 Å². The van der Waals surface area contributed by atoms with Gasteiger partial charge < -0.3 is 9.80 Å². The average molecular weight is 310 g/mol. The molecule has 18 heavy (non-hydrogen) atoms. The highest BCUT2D eigenvalue weighted by molar-refractivity contribution is 9.15. The van der Waals surface area contributed by atoms with Crippen LogP contribution in [0.4, 0.5) is 5.82 Å². The van der Waals surface area contributed by atoms with E-state index in [0.717, 1.165) is 40.9 Å². The van der Waals surface area contributed by atoms with Crippen molar-refractivity contribution in [3.63, 3.8) is 0 Å². The van der Waals surface area contributed by atoms with E-state index < -0.39 is 0 Å². The molecular formula is C13H16BrN3O. The Morgan fingerprint density at radius 3 is 2.83 bits per heavy atom. The summed E-state index contributed by atoms with van der Waals surface area (Å²) in [6, 6.07) is 2.06. The fourth-order valence-corrected chi connectivity index (χ4v) is 2.52. The molecular weight excluding hydrogens is 294 g/mol. The Morgan fingerprint density at radius 2 is 2.28 bits per heavy atom. The topological polar surface area (TPSA) is 36.4 Å². The van der Waals surface area contributed by atoms with Crippen LogP contribution in [-0.4, -0.2) is 36.4 Å². The second-order valence-electron chi connectivity index (χ2n) is 4.45. The van der Waals surface area contributed by atoms with Gasteiger partial charge in [-0.3, -0.25) is 4.79 Å². The molecule has 0 spiro atoms. The van der Waals surface area contributed by atoms with Crippen LogP contribution >= 0.6 is 15.9 Å². The van der Waals surface area contributed by atoms with Gasteiger partial charge in [0.1, 0.15) is 5.82 Å². The lowest BCUT2D eigenvalue weighted by Crippen LogP contribution is -2.37. The Labute approximate surface area is 115 Å². The maximum absolute atomic E-state index is 10.6. The Kier molecular flexibility index (Phi) is 4.01. The first-order valence-corrected chi connectivity index (χ1v) is 6.67. The van der Waals surface area contributed by atoms with E-state index in [9.17, 15) is 4.79 Å². The predicted molar refractivity (Wildman–Crippen MR) is 76.5 cm³/mol. The maximum Gasteiger partial charge on any atom is 0.213 e. The van der Waals surface area contributed by atoms with E-state index in [4.69, 9.17) is 0 Å². The van der Waals surface area contributed by atoms with Crippen molar-refractivity contribution in [2.45, 2.75) is 13.3 Å². The van der Waals surface area contributed by atoms with Gasteiger partial charge in [0, 0.05) is 37.0 Å².